The Morgan fingerprint density at radius 3 is 2.60 bits per heavy atom. The normalized spacial score (nSPS) is 22.1. The molecular weight excluding hydrogens is 276 g/mol. The first-order valence-corrected chi connectivity index (χ1v) is 6.89. The first-order valence-electron chi connectivity index (χ1n) is 6.89. The molecule has 1 aliphatic heterocycles. The molecule has 0 saturated carbocycles. The Morgan fingerprint density at radius 1 is 1.35 bits per heavy atom. The maximum absolute atomic E-state index is 12.5. The summed E-state index contributed by atoms with van der Waals surface area (Å²) in [6.07, 6.45) is 0. The van der Waals surface area contributed by atoms with Crippen LogP contribution in [0.5, 0.6) is 5.75 Å². The molecule has 0 radical (unpaired) electrons. The van der Waals surface area contributed by atoms with Gasteiger partial charge in [-0.2, -0.15) is 0 Å². The van der Waals surface area contributed by atoms with Gasteiger partial charge in [0.25, 0.3) is 5.91 Å². The molecule has 1 aromatic carbocycles. The van der Waals surface area contributed by atoms with Gasteiger partial charge in [-0.15, -0.1) is 12.4 Å². The standard InChI is InChI=1S/C15H22N2O2.ClH/c1-4-19-14-7-5-13(6-8-14)15(18)17-10-11(2)16-9-12(17)3;/h5-8,11-12,16H,4,9-10H2,1-3H3;1H. The molecule has 0 aromatic heterocycles. The van der Waals surface area contributed by atoms with Crippen LogP contribution in [0.1, 0.15) is 31.1 Å². The highest BCUT2D eigenvalue weighted by Gasteiger charge is 2.27. The minimum atomic E-state index is 0. The van der Waals surface area contributed by atoms with E-state index in [1.165, 1.54) is 0 Å². The molecule has 2 rings (SSSR count). The van der Waals surface area contributed by atoms with Crippen LogP contribution in [0, 0.1) is 0 Å². The Balaban J connectivity index is 0.00000200. The van der Waals surface area contributed by atoms with Gasteiger partial charge < -0.3 is 15.0 Å². The lowest BCUT2D eigenvalue weighted by atomic mass is 10.1. The molecule has 1 aromatic rings. The van der Waals surface area contributed by atoms with Gasteiger partial charge in [0, 0.05) is 30.7 Å². The average Bonchev–Trinajstić information content (AvgIpc) is 2.42. The molecule has 1 N–H and O–H groups in total. The van der Waals surface area contributed by atoms with Crippen molar-refractivity contribution in [1.29, 1.82) is 0 Å². The van der Waals surface area contributed by atoms with Crippen LogP contribution in [0.4, 0.5) is 0 Å². The summed E-state index contributed by atoms with van der Waals surface area (Å²) in [6, 6.07) is 7.97. The molecule has 20 heavy (non-hydrogen) atoms. The van der Waals surface area contributed by atoms with Gasteiger partial charge >= 0.3 is 0 Å². The van der Waals surface area contributed by atoms with E-state index < -0.39 is 0 Å². The largest absolute Gasteiger partial charge is 0.494 e. The number of halogens is 1. The summed E-state index contributed by atoms with van der Waals surface area (Å²) < 4.78 is 5.39. The molecule has 0 bridgehead atoms. The van der Waals surface area contributed by atoms with E-state index >= 15 is 0 Å². The van der Waals surface area contributed by atoms with E-state index in [-0.39, 0.29) is 24.4 Å². The highest BCUT2D eigenvalue weighted by Crippen LogP contribution is 2.16. The fourth-order valence-corrected chi connectivity index (χ4v) is 2.33. The third kappa shape index (κ3) is 3.87. The van der Waals surface area contributed by atoms with Crippen LogP contribution in [0.15, 0.2) is 24.3 Å². The Hall–Kier alpha value is -1.26. The zero-order valence-corrected chi connectivity index (χ0v) is 13.1. The summed E-state index contributed by atoms with van der Waals surface area (Å²) in [5.41, 5.74) is 0.726. The van der Waals surface area contributed by atoms with Crippen molar-refractivity contribution in [1.82, 2.24) is 10.2 Å². The maximum atomic E-state index is 12.5. The van der Waals surface area contributed by atoms with Crippen molar-refractivity contribution in [3.8, 4) is 5.75 Å². The van der Waals surface area contributed by atoms with E-state index in [1.807, 2.05) is 36.1 Å². The Labute approximate surface area is 126 Å². The summed E-state index contributed by atoms with van der Waals surface area (Å²) in [4.78, 5) is 14.4. The van der Waals surface area contributed by atoms with Gasteiger partial charge in [-0.3, -0.25) is 4.79 Å². The first-order chi connectivity index (χ1) is 9.11. The lowest BCUT2D eigenvalue weighted by molar-refractivity contribution is 0.0616. The fraction of sp³-hybridized carbons (Fsp3) is 0.533. The molecule has 2 unspecified atom stereocenters. The number of ether oxygens (including phenoxy) is 1. The maximum Gasteiger partial charge on any atom is 0.254 e. The Bertz CT molecular complexity index is 436. The van der Waals surface area contributed by atoms with Crippen LogP contribution in [0.3, 0.4) is 0 Å². The molecule has 1 amide bonds. The zero-order valence-electron chi connectivity index (χ0n) is 12.3. The third-order valence-electron chi connectivity index (χ3n) is 3.44. The number of hydrogen-bond acceptors (Lipinski definition) is 3. The number of nitrogens with zero attached hydrogens (tertiary/aromatic N) is 1. The van der Waals surface area contributed by atoms with Crippen molar-refractivity contribution < 1.29 is 9.53 Å². The van der Waals surface area contributed by atoms with Crippen molar-refractivity contribution in [2.45, 2.75) is 32.9 Å². The average molecular weight is 299 g/mol. The predicted octanol–water partition coefficient (Wildman–Crippen LogP) is 2.33. The summed E-state index contributed by atoms with van der Waals surface area (Å²) in [5.74, 6) is 0.907. The van der Waals surface area contributed by atoms with E-state index in [1.54, 1.807) is 0 Å². The summed E-state index contributed by atoms with van der Waals surface area (Å²) >= 11 is 0. The summed E-state index contributed by atoms with van der Waals surface area (Å²) in [5, 5.41) is 3.38. The van der Waals surface area contributed by atoms with Crippen LogP contribution < -0.4 is 10.1 Å². The number of rotatable bonds is 3. The SMILES string of the molecule is CCOc1ccc(C(=O)N2CC(C)NCC2C)cc1.Cl. The number of nitrogens with one attached hydrogen (secondary N) is 1. The van der Waals surface area contributed by atoms with E-state index in [4.69, 9.17) is 4.74 Å². The molecule has 1 fully saturated rings. The second kappa shape index (κ2) is 7.50. The summed E-state index contributed by atoms with van der Waals surface area (Å²) in [7, 11) is 0. The van der Waals surface area contributed by atoms with Gasteiger partial charge in [0.1, 0.15) is 5.75 Å². The molecule has 5 heteroatoms. The van der Waals surface area contributed by atoms with Gasteiger partial charge in [-0.25, -0.2) is 0 Å². The number of carbonyl (C=O) groups excluding carboxylic acids is 1. The molecule has 1 aliphatic rings. The quantitative estimate of drug-likeness (QED) is 0.931. The minimum Gasteiger partial charge on any atom is -0.494 e. The van der Waals surface area contributed by atoms with E-state index in [0.29, 0.717) is 12.6 Å². The van der Waals surface area contributed by atoms with Crippen molar-refractivity contribution in [2.24, 2.45) is 0 Å². The van der Waals surface area contributed by atoms with Gasteiger partial charge in [-0.05, 0) is 45.0 Å². The van der Waals surface area contributed by atoms with Gasteiger partial charge in [-0.1, -0.05) is 0 Å². The Kier molecular flexibility index (Phi) is 6.30. The predicted molar refractivity (Wildman–Crippen MR) is 82.8 cm³/mol. The van der Waals surface area contributed by atoms with Crippen molar-refractivity contribution >= 4 is 18.3 Å². The smallest absolute Gasteiger partial charge is 0.254 e. The van der Waals surface area contributed by atoms with Crippen LogP contribution in [-0.2, 0) is 0 Å². The number of piperazine rings is 1. The number of carbonyl (C=O) groups is 1. The van der Waals surface area contributed by atoms with Crippen LogP contribution in [-0.4, -0.2) is 42.6 Å². The lowest BCUT2D eigenvalue weighted by Crippen LogP contribution is -2.56. The van der Waals surface area contributed by atoms with E-state index in [2.05, 4.69) is 19.2 Å². The highest BCUT2D eigenvalue weighted by atomic mass is 35.5. The second-order valence-corrected chi connectivity index (χ2v) is 5.07. The fourth-order valence-electron chi connectivity index (χ4n) is 2.33. The molecule has 0 aliphatic carbocycles. The lowest BCUT2D eigenvalue weighted by Gasteiger charge is -2.37. The number of benzene rings is 1. The molecule has 1 heterocycles. The molecule has 112 valence electrons. The van der Waals surface area contributed by atoms with E-state index in [9.17, 15) is 4.79 Å². The Morgan fingerprint density at radius 2 is 2.00 bits per heavy atom. The molecule has 1 saturated heterocycles. The van der Waals surface area contributed by atoms with Crippen LogP contribution in [0.25, 0.3) is 0 Å². The van der Waals surface area contributed by atoms with Crippen molar-refractivity contribution in [3.05, 3.63) is 29.8 Å². The monoisotopic (exact) mass is 298 g/mol. The van der Waals surface area contributed by atoms with Crippen molar-refractivity contribution in [3.63, 3.8) is 0 Å². The van der Waals surface area contributed by atoms with Crippen molar-refractivity contribution in [2.75, 3.05) is 19.7 Å². The molecule has 4 nitrogen and oxygen atoms in total. The number of amides is 1. The van der Waals surface area contributed by atoms with Gasteiger partial charge in [0.15, 0.2) is 0 Å². The van der Waals surface area contributed by atoms with Gasteiger partial charge in [0.05, 0.1) is 6.61 Å². The molecular formula is C15H23ClN2O2. The highest BCUT2D eigenvalue weighted by molar-refractivity contribution is 5.94. The van der Waals surface area contributed by atoms with Crippen LogP contribution >= 0.6 is 12.4 Å². The third-order valence-corrected chi connectivity index (χ3v) is 3.44. The van der Waals surface area contributed by atoms with E-state index in [0.717, 1.165) is 24.4 Å². The molecule has 0 spiro atoms. The number of hydrogen-bond donors (Lipinski definition) is 1. The van der Waals surface area contributed by atoms with Crippen LogP contribution in [0.2, 0.25) is 0 Å². The first kappa shape index (κ1) is 16.8. The molecule has 2 atom stereocenters. The minimum absolute atomic E-state index is 0. The summed E-state index contributed by atoms with van der Waals surface area (Å²) in [6.45, 7) is 8.37. The second-order valence-electron chi connectivity index (χ2n) is 5.07. The topological polar surface area (TPSA) is 41.6 Å². The zero-order chi connectivity index (χ0) is 13.8. The van der Waals surface area contributed by atoms with Gasteiger partial charge in [0.2, 0.25) is 0 Å².